The first-order valence-corrected chi connectivity index (χ1v) is 3.93. The zero-order valence-corrected chi connectivity index (χ0v) is 7.57. The van der Waals surface area contributed by atoms with Crippen LogP contribution in [0.1, 0.15) is 19.3 Å². The molecular formula is C8H9F5O2. The van der Waals surface area contributed by atoms with Gasteiger partial charge in [-0.15, -0.1) is 0 Å². The van der Waals surface area contributed by atoms with E-state index < -0.39 is 30.9 Å². The van der Waals surface area contributed by atoms with Gasteiger partial charge >= 0.3 is 18.1 Å². The van der Waals surface area contributed by atoms with Gasteiger partial charge in [-0.05, 0) is 12.8 Å². The molecule has 0 rings (SSSR count). The van der Waals surface area contributed by atoms with E-state index in [0.29, 0.717) is 0 Å². The third-order valence-corrected chi connectivity index (χ3v) is 1.69. The van der Waals surface area contributed by atoms with Crippen molar-refractivity contribution in [3.8, 4) is 0 Å². The fraction of sp³-hybridized carbons (Fsp3) is 0.625. The van der Waals surface area contributed by atoms with Crippen molar-refractivity contribution in [3.05, 3.63) is 12.2 Å². The van der Waals surface area contributed by atoms with Crippen LogP contribution in [-0.2, 0) is 4.79 Å². The molecule has 0 aromatic heterocycles. The maximum atomic E-state index is 12.3. The predicted octanol–water partition coefficient (Wildman–Crippen LogP) is 3.00. The fourth-order valence-electron chi connectivity index (χ4n) is 0.772. The van der Waals surface area contributed by atoms with E-state index in [-0.39, 0.29) is 12.0 Å². The highest BCUT2D eigenvalue weighted by Crippen LogP contribution is 2.39. The lowest BCUT2D eigenvalue weighted by Gasteiger charge is -2.19. The monoisotopic (exact) mass is 232 g/mol. The van der Waals surface area contributed by atoms with Crippen LogP contribution in [0.15, 0.2) is 12.2 Å². The summed E-state index contributed by atoms with van der Waals surface area (Å²) in [5.74, 6) is -6.17. The second-order valence-electron chi connectivity index (χ2n) is 2.96. The van der Waals surface area contributed by atoms with E-state index >= 15 is 0 Å². The molecule has 0 aliphatic heterocycles. The van der Waals surface area contributed by atoms with Gasteiger partial charge in [-0.1, -0.05) is 6.58 Å². The summed E-state index contributed by atoms with van der Waals surface area (Å²) < 4.78 is 59.4. The van der Waals surface area contributed by atoms with E-state index in [9.17, 15) is 26.7 Å². The quantitative estimate of drug-likeness (QED) is 0.584. The predicted molar refractivity (Wildman–Crippen MR) is 41.6 cm³/mol. The molecule has 0 spiro atoms. The Morgan fingerprint density at radius 3 is 2.00 bits per heavy atom. The summed E-state index contributed by atoms with van der Waals surface area (Å²) in [5, 5.41) is 8.26. The molecule has 0 unspecified atom stereocenters. The summed E-state index contributed by atoms with van der Waals surface area (Å²) in [5.41, 5.74) is -0.382. The van der Waals surface area contributed by atoms with Crippen molar-refractivity contribution >= 4 is 5.97 Å². The minimum atomic E-state index is -5.59. The Morgan fingerprint density at radius 2 is 1.67 bits per heavy atom. The summed E-state index contributed by atoms with van der Waals surface area (Å²) in [4.78, 5) is 10.1. The van der Waals surface area contributed by atoms with Crippen molar-refractivity contribution in [1.29, 1.82) is 0 Å². The first-order chi connectivity index (χ1) is 6.58. The Morgan fingerprint density at radius 1 is 1.20 bits per heavy atom. The van der Waals surface area contributed by atoms with Gasteiger partial charge in [0.25, 0.3) is 0 Å². The van der Waals surface area contributed by atoms with Crippen LogP contribution in [0.5, 0.6) is 0 Å². The number of rotatable bonds is 5. The van der Waals surface area contributed by atoms with Gasteiger partial charge in [-0.25, -0.2) is 4.79 Å². The topological polar surface area (TPSA) is 37.3 Å². The van der Waals surface area contributed by atoms with Gasteiger partial charge < -0.3 is 5.11 Å². The number of carboxylic acids is 1. The lowest BCUT2D eigenvalue weighted by molar-refractivity contribution is -0.284. The first kappa shape index (κ1) is 13.9. The highest BCUT2D eigenvalue weighted by atomic mass is 19.4. The van der Waals surface area contributed by atoms with E-state index in [1.165, 1.54) is 0 Å². The zero-order chi connectivity index (χ0) is 12.3. The van der Waals surface area contributed by atoms with Crippen LogP contribution in [0, 0.1) is 0 Å². The molecule has 0 heterocycles. The molecule has 0 saturated carbocycles. The fourth-order valence-corrected chi connectivity index (χ4v) is 0.772. The minimum absolute atomic E-state index is 0.382. The number of alkyl halides is 5. The second kappa shape index (κ2) is 4.59. The van der Waals surface area contributed by atoms with Crippen LogP contribution in [0.3, 0.4) is 0 Å². The van der Waals surface area contributed by atoms with Gasteiger partial charge in [-0.3, -0.25) is 0 Å². The van der Waals surface area contributed by atoms with E-state index in [2.05, 4.69) is 6.58 Å². The molecule has 0 aromatic rings. The molecule has 0 aromatic carbocycles. The molecule has 2 nitrogen and oxygen atoms in total. The van der Waals surface area contributed by atoms with Crippen LogP contribution >= 0.6 is 0 Å². The van der Waals surface area contributed by atoms with Crippen molar-refractivity contribution < 1.29 is 31.9 Å². The molecule has 88 valence electrons. The number of hydrogen-bond acceptors (Lipinski definition) is 1. The molecular weight excluding hydrogens is 223 g/mol. The Balaban J connectivity index is 4.07. The van der Waals surface area contributed by atoms with Gasteiger partial charge in [0.05, 0.1) is 0 Å². The molecule has 0 atom stereocenters. The van der Waals surface area contributed by atoms with Gasteiger partial charge in [0.15, 0.2) is 0 Å². The summed E-state index contributed by atoms with van der Waals surface area (Å²) >= 11 is 0. The highest BCUT2D eigenvalue weighted by Gasteiger charge is 2.56. The summed E-state index contributed by atoms with van der Waals surface area (Å²) in [7, 11) is 0. The average Bonchev–Trinajstić information content (AvgIpc) is 2.01. The molecule has 7 heteroatoms. The minimum Gasteiger partial charge on any atom is -0.478 e. The van der Waals surface area contributed by atoms with Gasteiger partial charge in [0, 0.05) is 12.0 Å². The Kier molecular flexibility index (Phi) is 4.24. The van der Waals surface area contributed by atoms with Crippen molar-refractivity contribution in [2.45, 2.75) is 31.4 Å². The SMILES string of the molecule is C=C(CCCC(F)(F)C(F)(F)F)C(=O)O. The van der Waals surface area contributed by atoms with Crippen molar-refractivity contribution in [1.82, 2.24) is 0 Å². The first-order valence-electron chi connectivity index (χ1n) is 3.93. The van der Waals surface area contributed by atoms with E-state index in [1.54, 1.807) is 0 Å². The maximum Gasteiger partial charge on any atom is 0.453 e. The zero-order valence-electron chi connectivity index (χ0n) is 7.57. The van der Waals surface area contributed by atoms with Gasteiger partial charge in [0.2, 0.25) is 0 Å². The van der Waals surface area contributed by atoms with E-state index in [0.717, 1.165) is 0 Å². The molecule has 0 aliphatic rings. The maximum absolute atomic E-state index is 12.3. The lowest BCUT2D eigenvalue weighted by Crippen LogP contribution is -2.36. The third-order valence-electron chi connectivity index (χ3n) is 1.69. The Hall–Kier alpha value is -1.14. The average molecular weight is 232 g/mol. The lowest BCUT2D eigenvalue weighted by atomic mass is 10.1. The van der Waals surface area contributed by atoms with Crippen LogP contribution in [0.4, 0.5) is 22.0 Å². The normalized spacial score (nSPS) is 12.6. The molecule has 15 heavy (non-hydrogen) atoms. The van der Waals surface area contributed by atoms with Crippen molar-refractivity contribution in [2.75, 3.05) is 0 Å². The molecule has 1 N–H and O–H groups in total. The van der Waals surface area contributed by atoms with Crippen LogP contribution in [0.2, 0.25) is 0 Å². The number of hydrogen-bond donors (Lipinski definition) is 1. The Bertz CT molecular complexity index is 256. The molecule has 0 bridgehead atoms. The molecule has 0 amide bonds. The standard InChI is InChI=1S/C8H9F5O2/c1-5(6(14)15)3-2-4-7(9,10)8(11,12)13/h1-4H2,(H,14,15). The summed E-state index contributed by atoms with van der Waals surface area (Å²) in [6.07, 6.45) is -7.97. The molecule has 0 aliphatic carbocycles. The van der Waals surface area contributed by atoms with Gasteiger partial charge in [-0.2, -0.15) is 22.0 Å². The van der Waals surface area contributed by atoms with Crippen molar-refractivity contribution in [2.24, 2.45) is 0 Å². The summed E-state index contributed by atoms with van der Waals surface area (Å²) in [6, 6.07) is 0. The second-order valence-corrected chi connectivity index (χ2v) is 2.96. The van der Waals surface area contributed by atoms with Crippen molar-refractivity contribution in [3.63, 3.8) is 0 Å². The van der Waals surface area contributed by atoms with Crippen LogP contribution in [0.25, 0.3) is 0 Å². The van der Waals surface area contributed by atoms with Crippen LogP contribution < -0.4 is 0 Å². The van der Waals surface area contributed by atoms with E-state index in [1.807, 2.05) is 0 Å². The highest BCUT2D eigenvalue weighted by molar-refractivity contribution is 5.85. The Labute approximate surface area is 82.4 Å². The smallest absolute Gasteiger partial charge is 0.453 e. The molecule has 0 fully saturated rings. The number of carboxylic acid groups (broad SMARTS) is 1. The van der Waals surface area contributed by atoms with E-state index in [4.69, 9.17) is 5.11 Å². The largest absolute Gasteiger partial charge is 0.478 e. The van der Waals surface area contributed by atoms with Crippen LogP contribution in [-0.4, -0.2) is 23.2 Å². The third kappa shape index (κ3) is 4.26. The number of carbonyl (C=O) groups is 1. The number of aliphatic carboxylic acids is 1. The molecule has 0 radical (unpaired) electrons. The van der Waals surface area contributed by atoms with Gasteiger partial charge in [0.1, 0.15) is 0 Å². The summed E-state index contributed by atoms with van der Waals surface area (Å²) in [6.45, 7) is 3.01. The molecule has 0 saturated heterocycles. The number of halogens is 5.